The van der Waals surface area contributed by atoms with Crippen LogP contribution in [0.25, 0.3) is 0 Å². The van der Waals surface area contributed by atoms with Crippen LogP contribution >= 0.6 is 11.6 Å². The molecule has 2 aromatic rings. The average Bonchev–Trinajstić information content (AvgIpc) is 3.00. The summed E-state index contributed by atoms with van der Waals surface area (Å²) in [4.78, 5) is 12.5. The van der Waals surface area contributed by atoms with Crippen LogP contribution in [-0.2, 0) is 9.53 Å². The number of halogens is 1. The van der Waals surface area contributed by atoms with Gasteiger partial charge < -0.3 is 10.1 Å². The largest absolute Gasteiger partial charge is 0.458 e. The molecule has 1 N–H and O–H groups in total. The number of benzene rings is 1. The van der Waals surface area contributed by atoms with E-state index >= 15 is 0 Å². The van der Waals surface area contributed by atoms with Crippen LogP contribution in [0.5, 0.6) is 0 Å². The van der Waals surface area contributed by atoms with E-state index in [1.54, 1.807) is 23.7 Å². The summed E-state index contributed by atoms with van der Waals surface area (Å²) in [6, 6.07) is 6.68. The summed E-state index contributed by atoms with van der Waals surface area (Å²) in [6.45, 7) is 5.46. The van der Waals surface area contributed by atoms with Crippen LogP contribution in [0.1, 0.15) is 18.5 Å². The summed E-state index contributed by atoms with van der Waals surface area (Å²) in [5.74, 6) is 0.0127. The number of allylic oxidation sites excluding steroid dienone is 1. The molecule has 1 aromatic heterocycles. The molecule has 1 atom stereocenters. The fourth-order valence-corrected chi connectivity index (χ4v) is 2.57. The van der Waals surface area contributed by atoms with Crippen molar-refractivity contribution in [2.24, 2.45) is 0 Å². The summed E-state index contributed by atoms with van der Waals surface area (Å²) in [5, 5.41) is 15.2. The molecule has 8 heteroatoms. The first-order valence-electron chi connectivity index (χ1n) is 6.91. The van der Waals surface area contributed by atoms with E-state index < -0.39 is 12.0 Å². The third-order valence-electron chi connectivity index (χ3n) is 3.45. The Morgan fingerprint density at radius 1 is 1.48 bits per heavy atom. The van der Waals surface area contributed by atoms with Gasteiger partial charge in [0.15, 0.2) is 0 Å². The highest BCUT2D eigenvalue weighted by atomic mass is 35.5. The van der Waals surface area contributed by atoms with Crippen LogP contribution in [0, 0.1) is 0 Å². The first-order chi connectivity index (χ1) is 11.1. The number of hydrogen-bond donors (Lipinski definition) is 1. The SMILES string of the molecule is C=CCOC(=O)C1=C(C)Nc2nnnn2[C@H]1c1ccc(Cl)cc1. The molecule has 2 heterocycles. The van der Waals surface area contributed by atoms with Crippen LogP contribution < -0.4 is 5.32 Å². The molecule has 23 heavy (non-hydrogen) atoms. The third kappa shape index (κ3) is 2.83. The Balaban J connectivity index is 2.08. The van der Waals surface area contributed by atoms with E-state index in [2.05, 4.69) is 27.4 Å². The van der Waals surface area contributed by atoms with Crippen LogP contribution in [-0.4, -0.2) is 32.8 Å². The number of hydrogen-bond acceptors (Lipinski definition) is 6. The average molecular weight is 332 g/mol. The van der Waals surface area contributed by atoms with E-state index in [0.29, 0.717) is 22.2 Å². The quantitative estimate of drug-likeness (QED) is 0.684. The van der Waals surface area contributed by atoms with Crippen molar-refractivity contribution < 1.29 is 9.53 Å². The van der Waals surface area contributed by atoms with Crippen molar-refractivity contribution in [2.75, 3.05) is 11.9 Å². The Hall–Kier alpha value is -2.67. The molecule has 0 fully saturated rings. The minimum Gasteiger partial charge on any atom is -0.458 e. The second-order valence-electron chi connectivity index (χ2n) is 4.95. The summed E-state index contributed by atoms with van der Waals surface area (Å²) in [6.07, 6.45) is 1.52. The number of esters is 1. The third-order valence-corrected chi connectivity index (χ3v) is 3.70. The van der Waals surface area contributed by atoms with Crippen LogP contribution in [0.3, 0.4) is 0 Å². The Kier molecular flexibility index (Phi) is 4.12. The molecule has 1 aliphatic rings. The van der Waals surface area contributed by atoms with Gasteiger partial charge in [0, 0.05) is 10.7 Å². The van der Waals surface area contributed by atoms with Crippen molar-refractivity contribution in [3.63, 3.8) is 0 Å². The Labute approximate surface area is 137 Å². The van der Waals surface area contributed by atoms with Gasteiger partial charge in [0.05, 0.1) is 5.57 Å². The van der Waals surface area contributed by atoms with Crippen molar-refractivity contribution >= 4 is 23.5 Å². The molecule has 0 saturated carbocycles. The number of tetrazole rings is 1. The lowest BCUT2D eigenvalue weighted by atomic mass is 9.96. The Bertz CT molecular complexity index is 781. The predicted molar refractivity (Wildman–Crippen MR) is 84.9 cm³/mol. The Morgan fingerprint density at radius 2 is 2.22 bits per heavy atom. The maximum atomic E-state index is 12.5. The van der Waals surface area contributed by atoms with Crippen molar-refractivity contribution in [3.8, 4) is 0 Å². The molecule has 7 nitrogen and oxygen atoms in total. The standard InChI is InChI=1S/C15H14ClN5O2/c1-3-8-23-14(22)12-9(2)17-15-18-19-20-21(15)13(12)10-4-6-11(16)7-5-10/h3-7,13H,1,8H2,2H3,(H,17,18,20)/t13-/m0/s1. The van der Waals surface area contributed by atoms with Gasteiger partial charge >= 0.3 is 5.97 Å². The summed E-state index contributed by atoms with van der Waals surface area (Å²) in [7, 11) is 0. The molecule has 0 radical (unpaired) electrons. The normalized spacial score (nSPS) is 16.5. The van der Waals surface area contributed by atoms with E-state index in [1.165, 1.54) is 6.08 Å². The molecule has 0 spiro atoms. The lowest BCUT2D eigenvalue weighted by Gasteiger charge is -2.27. The van der Waals surface area contributed by atoms with E-state index in [-0.39, 0.29) is 6.61 Å². The molecule has 0 amide bonds. The van der Waals surface area contributed by atoms with Crippen molar-refractivity contribution in [1.82, 2.24) is 20.2 Å². The van der Waals surface area contributed by atoms with E-state index in [0.717, 1.165) is 5.56 Å². The molecule has 0 unspecified atom stereocenters. The minimum atomic E-state index is -0.490. The van der Waals surface area contributed by atoms with Gasteiger partial charge in [0.25, 0.3) is 0 Å². The number of rotatable bonds is 4. The van der Waals surface area contributed by atoms with Crippen molar-refractivity contribution in [1.29, 1.82) is 0 Å². The highest BCUT2D eigenvalue weighted by molar-refractivity contribution is 6.30. The van der Waals surface area contributed by atoms with Crippen molar-refractivity contribution in [3.05, 3.63) is 58.8 Å². The summed E-state index contributed by atoms with van der Waals surface area (Å²) < 4.78 is 6.75. The van der Waals surface area contributed by atoms with Gasteiger partial charge in [-0.25, -0.2) is 4.79 Å². The molecular weight excluding hydrogens is 318 g/mol. The maximum Gasteiger partial charge on any atom is 0.338 e. The van der Waals surface area contributed by atoms with Crippen LogP contribution in [0.4, 0.5) is 5.95 Å². The monoisotopic (exact) mass is 331 g/mol. The highest BCUT2D eigenvalue weighted by Crippen LogP contribution is 2.35. The molecule has 1 aromatic carbocycles. The summed E-state index contributed by atoms with van der Waals surface area (Å²) in [5.41, 5.74) is 1.91. The van der Waals surface area contributed by atoms with E-state index in [9.17, 15) is 4.79 Å². The second kappa shape index (κ2) is 6.21. The van der Waals surface area contributed by atoms with Crippen LogP contribution in [0.2, 0.25) is 5.02 Å². The smallest absolute Gasteiger partial charge is 0.338 e. The van der Waals surface area contributed by atoms with Gasteiger partial charge in [-0.1, -0.05) is 41.5 Å². The van der Waals surface area contributed by atoms with Gasteiger partial charge in [-0.05, 0) is 35.0 Å². The fraction of sp³-hybridized carbons (Fsp3) is 0.200. The number of fused-ring (bicyclic) bond motifs is 1. The first kappa shape index (κ1) is 15.2. The molecular formula is C15H14ClN5O2. The van der Waals surface area contributed by atoms with E-state index in [1.807, 2.05) is 12.1 Å². The Morgan fingerprint density at radius 3 is 2.91 bits per heavy atom. The number of nitrogens with one attached hydrogen (secondary N) is 1. The molecule has 0 saturated heterocycles. The molecule has 3 rings (SSSR count). The van der Waals surface area contributed by atoms with Gasteiger partial charge in [-0.15, -0.1) is 0 Å². The number of carbonyl (C=O) groups excluding carboxylic acids is 1. The van der Waals surface area contributed by atoms with Gasteiger partial charge in [-0.2, -0.15) is 4.68 Å². The zero-order chi connectivity index (χ0) is 16.4. The molecule has 118 valence electrons. The minimum absolute atomic E-state index is 0.130. The van der Waals surface area contributed by atoms with Gasteiger partial charge in [-0.3, -0.25) is 0 Å². The second-order valence-corrected chi connectivity index (χ2v) is 5.39. The zero-order valence-electron chi connectivity index (χ0n) is 12.4. The predicted octanol–water partition coefficient (Wildman–Crippen LogP) is 2.34. The zero-order valence-corrected chi connectivity index (χ0v) is 13.1. The van der Waals surface area contributed by atoms with Gasteiger partial charge in [0.2, 0.25) is 5.95 Å². The topological polar surface area (TPSA) is 81.9 Å². The maximum absolute atomic E-state index is 12.5. The number of nitrogens with zero attached hydrogens (tertiary/aromatic N) is 4. The lowest BCUT2D eigenvalue weighted by molar-refractivity contribution is -0.138. The number of aromatic nitrogens is 4. The van der Waals surface area contributed by atoms with Crippen molar-refractivity contribution in [2.45, 2.75) is 13.0 Å². The lowest BCUT2D eigenvalue weighted by Crippen LogP contribution is -2.29. The first-order valence-corrected chi connectivity index (χ1v) is 7.28. The number of carbonyl (C=O) groups is 1. The van der Waals surface area contributed by atoms with Crippen LogP contribution in [0.15, 0.2) is 48.2 Å². The van der Waals surface area contributed by atoms with E-state index in [4.69, 9.17) is 16.3 Å². The van der Waals surface area contributed by atoms with Gasteiger partial charge in [0.1, 0.15) is 12.6 Å². The summed E-state index contributed by atoms with van der Waals surface area (Å²) >= 11 is 5.95. The highest BCUT2D eigenvalue weighted by Gasteiger charge is 2.34. The number of ether oxygens (including phenoxy) is 1. The number of anilines is 1. The molecule has 1 aliphatic heterocycles. The molecule has 0 bridgehead atoms. The molecule has 0 aliphatic carbocycles. The fourth-order valence-electron chi connectivity index (χ4n) is 2.44.